The summed E-state index contributed by atoms with van der Waals surface area (Å²) in [7, 11) is 1.66. The summed E-state index contributed by atoms with van der Waals surface area (Å²) < 4.78 is 10.8. The van der Waals surface area contributed by atoms with Gasteiger partial charge in [-0.2, -0.15) is 0 Å². The maximum Gasteiger partial charge on any atom is 0.234 e. The van der Waals surface area contributed by atoms with Crippen LogP contribution in [0.3, 0.4) is 0 Å². The van der Waals surface area contributed by atoms with Crippen LogP contribution in [0.5, 0.6) is 11.5 Å². The summed E-state index contributed by atoms with van der Waals surface area (Å²) in [5, 5.41) is 6.89. The van der Waals surface area contributed by atoms with Gasteiger partial charge < -0.3 is 20.1 Å². The van der Waals surface area contributed by atoms with E-state index in [1.807, 2.05) is 24.3 Å². The molecule has 1 aliphatic rings. The molecule has 1 saturated carbocycles. The van der Waals surface area contributed by atoms with Gasteiger partial charge in [-0.05, 0) is 54.7 Å². The second-order valence-corrected chi connectivity index (χ2v) is 7.06. The molecule has 0 saturated heterocycles. The number of carbonyl (C=O) groups excluding carboxylic acids is 1. The molecule has 3 rings (SSSR count). The first-order valence-corrected chi connectivity index (χ1v) is 9.56. The predicted octanol–water partition coefficient (Wildman–Crippen LogP) is 3.58. The van der Waals surface area contributed by atoms with Crippen LogP contribution >= 0.6 is 11.6 Å². The molecule has 0 bridgehead atoms. The van der Waals surface area contributed by atoms with Crippen molar-refractivity contribution in [3.63, 3.8) is 0 Å². The van der Waals surface area contributed by atoms with Crippen LogP contribution in [0.2, 0.25) is 5.02 Å². The van der Waals surface area contributed by atoms with E-state index in [4.69, 9.17) is 21.1 Å². The van der Waals surface area contributed by atoms with Gasteiger partial charge in [-0.15, -0.1) is 0 Å². The number of halogens is 1. The van der Waals surface area contributed by atoms with E-state index in [2.05, 4.69) is 22.8 Å². The molecule has 5 nitrogen and oxygen atoms in total. The molecule has 1 amide bonds. The maximum atomic E-state index is 12.1. The van der Waals surface area contributed by atoms with Gasteiger partial charge >= 0.3 is 0 Å². The van der Waals surface area contributed by atoms with E-state index in [9.17, 15) is 4.79 Å². The van der Waals surface area contributed by atoms with Crippen LogP contribution in [0.15, 0.2) is 48.5 Å². The Morgan fingerprint density at radius 3 is 2.63 bits per heavy atom. The molecule has 0 spiro atoms. The SMILES string of the molecule is COc1ccc(C(NCC(=O)NCCOc2cccc(Cl)c2)C2CC2)cc1. The Bertz CT molecular complexity index is 747. The Kier molecular flexibility index (Phi) is 6.96. The van der Waals surface area contributed by atoms with Crippen molar-refractivity contribution in [2.45, 2.75) is 18.9 Å². The smallest absolute Gasteiger partial charge is 0.234 e. The molecule has 0 aliphatic heterocycles. The van der Waals surface area contributed by atoms with Gasteiger partial charge in [0.25, 0.3) is 0 Å². The molecule has 1 unspecified atom stereocenters. The Morgan fingerprint density at radius 2 is 1.96 bits per heavy atom. The third kappa shape index (κ3) is 6.15. The van der Waals surface area contributed by atoms with E-state index in [0.29, 0.717) is 29.8 Å². The van der Waals surface area contributed by atoms with Crippen LogP contribution in [0, 0.1) is 5.92 Å². The number of benzene rings is 2. The summed E-state index contributed by atoms with van der Waals surface area (Å²) >= 11 is 5.91. The molecule has 0 heterocycles. The Hall–Kier alpha value is -2.24. The third-order valence-corrected chi connectivity index (χ3v) is 4.78. The number of carbonyl (C=O) groups is 1. The summed E-state index contributed by atoms with van der Waals surface area (Å²) in [6.07, 6.45) is 2.39. The van der Waals surface area contributed by atoms with E-state index in [1.54, 1.807) is 19.2 Å². The van der Waals surface area contributed by atoms with Crippen LogP contribution in [0.1, 0.15) is 24.4 Å². The van der Waals surface area contributed by atoms with Crippen LogP contribution < -0.4 is 20.1 Å². The largest absolute Gasteiger partial charge is 0.497 e. The highest BCUT2D eigenvalue weighted by atomic mass is 35.5. The zero-order valence-electron chi connectivity index (χ0n) is 15.4. The first-order chi connectivity index (χ1) is 13.2. The molecule has 1 atom stereocenters. The number of nitrogens with one attached hydrogen (secondary N) is 2. The summed E-state index contributed by atoms with van der Waals surface area (Å²) in [4.78, 5) is 12.1. The van der Waals surface area contributed by atoms with Gasteiger partial charge in [0.05, 0.1) is 20.2 Å². The average Bonchev–Trinajstić information content (AvgIpc) is 3.51. The van der Waals surface area contributed by atoms with Crippen molar-refractivity contribution < 1.29 is 14.3 Å². The Balaban J connectivity index is 1.40. The van der Waals surface area contributed by atoms with E-state index in [0.717, 1.165) is 5.75 Å². The van der Waals surface area contributed by atoms with Gasteiger partial charge in [0.15, 0.2) is 0 Å². The van der Waals surface area contributed by atoms with Crippen molar-refractivity contribution in [1.29, 1.82) is 0 Å². The topological polar surface area (TPSA) is 59.6 Å². The minimum Gasteiger partial charge on any atom is -0.497 e. The Morgan fingerprint density at radius 1 is 1.19 bits per heavy atom. The molecule has 2 aromatic carbocycles. The van der Waals surface area contributed by atoms with Crippen molar-refractivity contribution in [1.82, 2.24) is 10.6 Å². The van der Waals surface area contributed by atoms with Crippen LogP contribution in [-0.2, 0) is 4.79 Å². The number of amides is 1. The zero-order valence-corrected chi connectivity index (χ0v) is 16.2. The number of rotatable bonds is 10. The number of ether oxygens (including phenoxy) is 2. The number of hydrogen-bond acceptors (Lipinski definition) is 4. The fourth-order valence-electron chi connectivity index (χ4n) is 2.98. The summed E-state index contributed by atoms with van der Waals surface area (Å²) in [5.41, 5.74) is 1.19. The van der Waals surface area contributed by atoms with Crippen molar-refractivity contribution in [3.05, 3.63) is 59.1 Å². The van der Waals surface area contributed by atoms with Gasteiger partial charge in [-0.25, -0.2) is 0 Å². The molecule has 0 radical (unpaired) electrons. The number of hydrogen-bond donors (Lipinski definition) is 2. The molecular formula is C21H25ClN2O3. The molecule has 27 heavy (non-hydrogen) atoms. The zero-order chi connectivity index (χ0) is 19.1. The van der Waals surface area contributed by atoms with Gasteiger partial charge in [0.2, 0.25) is 5.91 Å². The maximum absolute atomic E-state index is 12.1. The summed E-state index contributed by atoms with van der Waals surface area (Å²) in [6.45, 7) is 1.13. The lowest BCUT2D eigenvalue weighted by Gasteiger charge is -2.19. The van der Waals surface area contributed by atoms with Crippen LogP contribution in [-0.4, -0.2) is 32.7 Å². The van der Waals surface area contributed by atoms with Crippen molar-refractivity contribution in [2.75, 3.05) is 26.8 Å². The fourth-order valence-corrected chi connectivity index (χ4v) is 3.16. The lowest BCUT2D eigenvalue weighted by molar-refractivity contribution is -0.120. The first-order valence-electron chi connectivity index (χ1n) is 9.18. The number of methoxy groups -OCH3 is 1. The fraction of sp³-hybridized carbons (Fsp3) is 0.381. The van der Waals surface area contributed by atoms with Crippen LogP contribution in [0.25, 0.3) is 0 Å². The van der Waals surface area contributed by atoms with Gasteiger partial charge in [-0.3, -0.25) is 4.79 Å². The molecule has 6 heteroatoms. The van der Waals surface area contributed by atoms with Gasteiger partial charge in [0, 0.05) is 11.1 Å². The first kappa shape index (κ1) is 19.5. The van der Waals surface area contributed by atoms with E-state index in [-0.39, 0.29) is 18.5 Å². The molecule has 2 aromatic rings. The lowest BCUT2D eigenvalue weighted by Crippen LogP contribution is -2.38. The summed E-state index contributed by atoms with van der Waals surface area (Å²) in [5.74, 6) is 2.09. The second kappa shape index (κ2) is 9.62. The minimum atomic E-state index is -0.0381. The second-order valence-electron chi connectivity index (χ2n) is 6.62. The highest BCUT2D eigenvalue weighted by molar-refractivity contribution is 6.30. The van der Waals surface area contributed by atoms with Gasteiger partial charge in [0.1, 0.15) is 18.1 Å². The van der Waals surface area contributed by atoms with Crippen LogP contribution in [0.4, 0.5) is 0 Å². The normalized spacial score (nSPS) is 14.4. The molecule has 1 fully saturated rings. The molecule has 2 N–H and O–H groups in total. The monoisotopic (exact) mass is 388 g/mol. The molecule has 0 aromatic heterocycles. The molecule has 1 aliphatic carbocycles. The summed E-state index contributed by atoms with van der Waals surface area (Å²) in [6, 6.07) is 15.4. The quantitative estimate of drug-likeness (QED) is 0.611. The lowest BCUT2D eigenvalue weighted by atomic mass is 10.0. The van der Waals surface area contributed by atoms with Crippen molar-refractivity contribution >= 4 is 17.5 Å². The Labute approximate surface area is 165 Å². The third-order valence-electron chi connectivity index (χ3n) is 4.54. The van der Waals surface area contributed by atoms with Crippen molar-refractivity contribution in [3.8, 4) is 11.5 Å². The molecular weight excluding hydrogens is 364 g/mol. The van der Waals surface area contributed by atoms with Crippen molar-refractivity contribution in [2.24, 2.45) is 5.92 Å². The average molecular weight is 389 g/mol. The van der Waals surface area contributed by atoms with E-state index >= 15 is 0 Å². The van der Waals surface area contributed by atoms with Gasteiger partial charge in [-0.1, -0.05) is 29.8 Å². The molecule has 144 valence electrons. The highest BCUT2D eigenvalue weighted by Crippen LogP contribution is 2.41. The minimum absolute atomic E-state index is 0.0381. The highest BCUT2D eigenvalue weighted by Gasteiger charge is 2.32. The van der Waals surface area contributed by atoms with E-state index < -0.39 is 0 Å². The predicted molar refractivity (Wildman–Crippen MR) is 106 cm³/mol. The van der Waals surface area contributed by atoms with E-state index in [1.165, 1.54) is 18.4 Å². The standard InChI is InChI=1S/C21H25ClN2O3/c1-26-18-9-7-16(8-10-18)21(15-5-6-15)24-14-20(25)23-11-12-27-19-4-2-3-17(22)13-19/h2-4,7-10,13,15,21,24H,5-6,11-12,14H2,1H3,(H,23,25).